The molecule has 2 aromatic heterocycles. The van der Waals surface area contributed by atoms with Crippen molar-refractivity contribution in [3.8, 4) is 11.1 Å². The molecule has 4 aromatic carbocycles. The van der Waals surface area contributed by atoms with Crippen molar-refractivity contribution in [1.29, 1.82) is 0 Å². The number of benzene rings is 4. The number of carbonyl (C=O) groups excluding carboxylic acids is 1. The van der Waals surface area contributed by atoms with Crippen molar-refractivity contribution in [3.63, 3.8) is 0 Å². The molecule has 1 saturated heterocycles. The number of nitro groups is 1. The molecule has 0 aliphatic carbocycles. The molecule has 6 aromatic rings. The number of rotatable bonds is 15. The van der Waals surface area contributed by atoms with Crippen molar-refractivity contribution in [1.82, 2.24) is 29.7 Å². The van der Waals surface area contributed by atoms with Gasteiger partial charge in [-0.3, -0.25) is 24.5 Å². The number of sulfonamides is 1. The van der Waals surface area contributed by atoms with Gasteiger partial charge in [0.05, 0.1) is 15.3 Å². The fourth-order valence-electron chi connectivity index (χ4n) is 6.74. The van der Waals surface area contributed by atoms with Gasteiger partial charge in [-0.05, 0) is 65.2 Å². The number of nitrogens with zero attached hydrogens (tertiary/aromatic N) is 8. The summed E-state index contributed by atoms with van der Waals surface area (Å²) in [6, 6.07) is 26.6. The summed E-state index contributed by atoms with van der Waals surface area (Å²) in [6.45, 7) is 4.08. The number of hydrogen-bond donors (Lipinski definition) is 2. The third kappa shape index (κ3) is 10.2. The summed E-state index contributed by atoms with van der Waals surface area (Å²) >= 11 is 7.42. The van der Waals surface area contributed by atoms with Gasteiger partial charge in [0.1, 0.15) is 12.0 Å². The van der Waals surface area contributed by atoms with Gasteiger partial charge in [-0.15, -0.1) is 0 Å². The van der Waals surface area contributed by atoms with E-state index in [0.29, 0.717) is 26.8 Å². The second kappa shape index (κ2) is 18.4. The standard InChI is InChI=1S/C41H41ClN10O5S2/c1-49(2)39(53)22-31(26-58-41-43-16-5-17-44-41)47-36-15-13-33(24-38(36)52(54)55)59(56,57)48-40-35-14-12-32(23-37(35)45-27-46-40)51-20-18-50(19-21-51)25-29-6-3-4-7-34(29)28-8-10-30(42)11-9-28/h3-17,23-24,27,31,47H,18-22,25-26H2,1-2H3,(H,45,46,48)/t31-/m1/s1. The van der Waals surface area contributed by atoms with Crippen molar-refractivity contribution in [2.45, 2.75) is 29.1 Å². The highest BCUT2D eigenvalue weighted by Crippen LogP contribution is 2.33. The quantitative estimate of drug-likeness (QED) is 0.0476. The second-order valence-corrected chi connectivity index (χ2v) is 17.2. The van der Waals surface area contributed by atoms with Crippen molar-refractivity contribution in [2.24, 2.45) is 0 Å². The van der Waals surface area contributed by atoms with Crippen LogP contribution in [-0.2, 0) is 21.4 Å². The number of thioether (sulfide) groups is 1. The molecular weight excluding hydrogens is 812 g/mol. The van der Waals surface area contributed by atoms with Crippen molar-refractivity contribution in [3.05, 3.63) is 130 Å². The molecular formula is C41H41ClN10O5S2. The van der Waals surface area contributed by atoms with Crippen molar-refractivity contribution >= 4 is 73.1 Å². The predicted molar refractivity (Wildman–Crippen MR) is 231 cm³/mol. The van der Waals surface area contributed by atoms with E-state index in [4.69, 9.17) is 11.6 Å². The predicted octanol–water partition coefficient (Wildman–Crippen LogP) is 6.82. The van der Waals surface area contributed by atoms with Gasteiger partial charge in [0.2, 0.25) is 5.91 Å². The Bertz CT molecular complexity index is 2560. The molecule has 1 amide bonds. The van der Waals surface area contributed by atoms with Gasteiger partial charge in [0.15, 0.2) is 11.0 Å². The lowest BCUT2D eigenvalue weighted by molar-refractivity contribution is -0.384. The highest BCUT2D eigenvalue weighted by atomic mass is 35.5. The van der Waals surface area contributed by atoms with Gasteiger partial charge in [-0.25, -0.2) is 28.4 Å². The van der Waals surface area contributed by atoms with Crippen LogP contribution in [0.25, 0.3) is 22.0 Å². The number of anilines is 3. The molecule has 1 aliphatic rings. The molecule has 18 heteroatoms. The zero-order chi connectivity index (χ0) is 41.5. The Morgan fingerprint density at radius 2 is 1.68 bits per heavy atom. The molecule has 0 spiro atoms. The average Bonchev–Trinajstić information content (AvgIpc) is 3.23. The van der Waals surface area contributed by atoms with Gasteiger partial charge >= 0.3 is 0 Å². The maximum Gasteiger partial charge on any atom is 0.293 e. The smallest absolute Gasteiger partial charge is 0.293 e. The lowest BCUT2D eigenvalue weighted by atomic mass is 9.99. The van der Waals surface area contributed by atoms with Gasteiger partial charge in [0, 0.05) is 99.6 Å². The maximum absolute atomic E-state index is 13.7. The lowest BCUT2D eigenvalue weighted by Crippen LogP contribution is -2.46. The average molecular weight is 853 g/mol. The number of halogens is 1. The second-order valence-electron chi connectivity index (χ2n) is 14.1. The highest BCUT2D eigenvalue weighted by Gasteiger charge is 2.26. The van der Waals surface area contributed by atoms with Crippen molar-refractivity contribution in [2.75, 3.05) is 61.0 Å². The first-order valence-corrected chi connectivity index (χ1v) is 21.5. The van der Waals surface area contributed by atoms with Gasteiger partial charge in [-0.1, -0.05) is 59.8 Å². The summed E-state index contributed by atoms with van der Waals surface area (Å²) < 4.78 is 30.0. The summed E-state index contributed by atoms with van der Waals surface area (Å²) in [4.78, 5) is 47.1. The van der Waals surface area contributed by atoms with E-state index in [1.807, 2.05) is 42.5 Å². The Morgan fingerprint density at radius 3 is 2.41 bits per heavy atom. The van der Waals surface area contributed by atoms with E-state index in [9.17, 15) is 23.3 Å². The van der Waals surface area contributed by atoms with Gasteiger partial charge < -0.3 is 15.1 Å². The number of nitrogens with one attached hydrogen (secondary N) is 2. The Kier molecular flexibility index (Phi) is 12.9. The largest absolute Gasteiger partial charge is 0.375 e. The summed E-state index contributed by atoms with van der Waals surface area (Å²) in [5.41, 5.74) is 4.63. The van der Waals surface area contributed by atoms with E-state index in [0.717, 1.165) is 50.0 Å². The van der Waals surface area contributed by atoms with Crippen LogP contribution in [0.2, 0.25) is 5.02 Å². The Labute approximate surface area is 351 Å². The van der Waals surface area contributed by atoms with Crippen LogP contribution in [0.1, 0.15) is 12.0 Å². The first kappa shape index (κ1) is 41.3. The molecule has 7 rings (SSSR count). The number of fused-ring (bicyclic) bond motifs is 1. The van der Waals surface area contributed by atoms with Crippen LogP contribution < -0.4 is 14.9 Å². The highest BCUT2D eigenvalue weighted by molar-refractivity contribution is 7.99. The van der Waals surface area contributed by atoms with Crippen LogP contribution in [0.3, 0.4) is 0 Å². The summed E-state index contributed by atoms with van der Waals surface area (Å²) in [7, 11) is -1.10. The SMILES string of the molecule is CN(C)C(=O)C[C@H](CSc1ncccn1)Nc1ccc(S(=O)(=O)Nc2ncnc3cc(N4CCN(Cc5ccccc5-c5ccc(Cl)cc5)CC4)ccc23)cc1[N+](=O)[O-]. The number of nitro benzene ring substituents is 1. The van der Waals surface area contributed by atoms with Crippen LogP contribution in [0.15, 0.2) is 120 Å². The van der Waals surface area contributed by atoms with E-state index < -0.39 is 26.7 Å². The number of piperazine rings is 1. The molecule has 3 heterocycles. The van der Waals surface area contributed by atoms with E-state index in [1.165, 1.54) is 46.2 Å². The number of carbonyl (C=O) groups is 1. The van der Waals surface area contributed by atoms with Gasteiger partial charge in [-0.2, -0.15) is 0 Å². The van der Waals surface area contributed by atoms with Crippen molar-refractivity contribution < 1.29 is 18.1 Å². The minimum absolute atomic E-state index is 0.0190. The van der Waals surface area contributed by atoms with Crippen LogP contribution >= 0.6 is 23.4 Å². The monoisotopic (exact) mass is 852 g/mol. The van der Waals surface area contributed by atoms with Gasteiger partial charge in [0.25, 0.3) is 15.7 Å². The number of amides is 1. The van der Waals surface area contributed by atoms with Crippen LogP contribution in [-0.4, -0.2) is 101 Å². The topological polar surface area (TPSA) is 180 Å². The minimum atomic E-state index is -4.34. The first-order chi connectivity index (χ1) is 28.4. The first-order valence-electron chi connectivity index (χ1n) is 18.7. The maximum atomic E-state index is 13.7. The zero-order valence-corrected chi connectivity index (χ0v) is 34.6. The van der Waals surface area contributed by atoms with Crippen LogP contribution in [0.4, 0.5) is 22.9 Å². The molecule has 0 bridgehead atoms. The fourth-order valence-corrected chi connectivity index (χ4v) is 8.73. The minimum Gasteiger partial charge on any atom is -0.375 e. The van der Waals surface area contributed by atoms with E-state index >= 15 is 0 Å². The zero-order valence-electron chi connectivity index (χ0n) is 32.2. The lowest BCUT2D eigenvalue weighted by Gasteiger charge is -2.36. The van der Waals surface area contributed by atoms with E-state index in [1.54, 1.807) is 38.6 Å². The molecule has 1 aliphatic heterocycles. The third-order valence-electron chi connectivity index (χ3n) is 9.87. The molecule has 59 heavy (non-hydrogen) atoms. The molecule has 1 atom stereocenters. The molecule has 0 saturated carbocycles. The van der Waals surface area contributed by atoms with E-state index in [2.05, 4.69) is 58.0 Å². The third-order valence-corrected chi connectivity index (χ3v) is 12.5. The van der Waals surface area contributed by atoms with Crippen LogP contribution in [0, 0.1) is 10.1 Å². The Balaban J connectivity index is 1.03. The van der Waals surface area contributed by atoms with Crippen LogP contribution in [0.5, 0.6) is 0 Å². The molecule has 0 unspecified atom stereocenters. The summed E-state index contributed by atoms with van der Waals surface area (Å²) in [5, 5.41) is 17.0. The Hall–Kier alpha value is -5.88. The normalized spacial score (nSPS) is 13.8. The molecule has 304 valence electrons. The van der Waals surface area contributed by atoms with E-state index in [-0.39, 0.29) is 28.7 Å². The number of aromatic nitrogens is 4. The summed E-state index contributed by atoms with van der Waals surface area (Å²) in [6.07, 6.45) is 4.49. The number of hydrogen-bond acceptors (Lipinski definition) is 13. The molecule has 15 nitrogen and oxygen atoms in total. The molecule has 2 N–H and O–H groups in total. The molecule has 0 radical (unpaired) electrons. The fraction of sp³-hybridized carbons (Fsp3) is 0.244. The summed E-state index contributed by atoms with van der Waals surface area (Å²) in [5.74, 6) is 0.151. The molecule has 1 fully saturated rings. The Morgan fingerprint density at radius 1 is 0.932 bits per heavy atom.